The maximum atomic E-state index is 12.7. The van der Waals surface area contributed by atoms with Crippen LogP contribution in [0.5, 0.6) is 0 Å². The van der Waals surface area contributed by atoms with Gasteiger partial charge >= 0.3 is 0 Å². The minimum atomic E-state index is 0.227. The van der Waals surface area contributed by atoms with E-state index < -0.39 is 0 Å². The summed E-state index contributed by atoms with van der Waals surface area (Å²) in [6.45, 7) is 4.14. The zero-order chi connectivity index (χ0) is 18.4. The van der Waals surface area contributed by atoms with Gasteiger partial charge < -0.3 is 10.2 Å². The summed E-state index contributed by atoms with van der Waals surface area (Å²) in [5, 5.41) is 4.10. The predicted molar refractivity (Wildman–Crippen MR) is 107 cm³/mol. The maximum Gasteiger partial charge on any atom is 0.234 e. The Morgan fingerprint density at radius 1 is 1.04 bits per heavy atom. The highest BCUT2D eigenvalue weighted by Crippen LogP contribution is 2.53. The summed E-state index contributed by atoms with van der Waals surface area (Å²) in [5.41, 5.74) is 0. The van der Waals surface area contributed by atoms with Gasteiger partial charge in [-0.05, 0) is 67.9 Å². The van der Waals surface area contributed by atoms with E-state index in [0.717, 1.165) is 55.7 Å². The lowest BCUT2D eigenvalue weighted by molar-refractivity contribution is -0.126. The second-order valence-corrected chi connectivity index (χ2v) is 9.56. The van der Waals surface area contributed by atoms with Gasteiger partial charge in [-0.25, -0.2) is 4.98 Å². The molecule has 4 aliphatic carbocycles. The third kappa shape index (κ3) is 3.68. The zero-order valence-electron chi connectivity index (χ0n) is 15.8. The number of nitrogens with one attached hydrogen (secondary N) is 1. The fourth-order valence-corrected chi connectivity index (χ4v) is 6.40. The molecule has 1 aromatic heterocycles. The number of aromatic nitrogens is 1. The molecule has 1 saturated heterocycles. The first-order valence-corrected chi connectivity index (χ1v) is 10.9. The van der Waals surface area contributed by atoms with Crippen LogP contribution in [0.15, 0.2) is 18.3 Å². The van der Waals surface area contributed by atoms with Gasteiger partial charge in [0.25, 0.3) is 0 Å². The maximum absolute atomic E-state index is 12.7. The topological polar surface area (TPSA) is 48.5 Å². The van der Waals surface area contributed by atoms with Gasteiger partial charge in [-0.3, -0.25) is 9.69 Å². The van der Waals surface area contributed by atoms with Gasteiger partial charge in [-0.2, -0.15) is 0 Å². The minimum absolute atomic E-state index is 0.227. The van der Waals surface area contributed by atoms with E-state index in [0.29, 0.717) is 17.6 Å². The van der Waals surface area contributed by atoms with Crippen molar-refractivity contribution < 1.29 is 4.79 Å². The lowest BCUT2D eigenvalue weighted by Crippen LogP contribution is -2.57. The smallest absolute Gasteiger partial charge is 0.234 e. The van der Waals surface area contributed by atoms with E-state index in [4.69, 9.17) is 11.6 Å². The number of anilines is 1. The van der Waals surface area contributed by atoms with Crippen molar-refractivity contribution in [2.75, 3.05) is 37.6 Å². The summed E-state index contributed by atoms with van der Waals surface area (Å²) in [7, 11) is 0. The van der Waals surface area contributed by atoms with Gasteiger partial charge in [-0.15, -0.1) is 0 Å². The molecular formula is C21H29ClN4O. The van der Waals surface area contributed by atoms with Gasteiger partial charge in [0.1, 0.15) is 5.82 Å². The third-order valence-electron chi connectivity index (χ3n) is 7.33. The Morgan fingerprint density at radius 3 is 2.30 bits per heavy atom. The van der Waals surface area contributed by atoms with Crippen LogP contribution in [0.25, 0.3) is 0 Å². The Bertz CT molecular complexity index is 658. The fraction of sp³-hybridized carbons (Fsp3) is 0.714. The van der Waals surface area contributed by atoms with E-state index in [1.807, 2.05) is 12.1 Å². The second kappa shape index (κ2) is 7.25. The SMILES string of the molecule is O=C(CN1CCN(c2ccc(Cl)cn2)CC1)NC1C2CC3CC(C2)CC1C3. The molecule has 6 rings (SSSR count). The molecule has 1 N–H and O–H groups in total. The molecule has 5 aliphatic rings. The summed E-state index contributed by atoms with van der Waals surface area (Å²) in [6.07, 6.45) is 8.56. The standard InChI is InChI=1S/C21H29ClN4O/c22-18-1-2-19(23-12-18)26-5-3-25(4-6-26)13-20(27)24-21-16-8-14-7-15(10-16)11-17(21)9-14/h1-2,12,14-17,21H,3-11,13H2,(H,24,27). The molecule has 5 nitrogen and oxygen atoms in total. The zero-order valence-corrected chi connectivity index (χ0v) is 16.6. The Hall–Kier alpha value is -1.33. The summed E-state index contributed by atoms with van der Waals surface area (Å²) in [4.78, 5) is 21.6. The fourth-order valence-electron chi connectivity index (χ4n) is 6.29. The number of rotatable bonds is 4. The molecule has 1 aliphatic heterocycles. The van der Waals surface area contributed by atoms with Crippen LogP contribution >= 0.6 is 11.6 Å². The van der Waals surface area contributed by atoms with Crippen LogP contribution in [0.4, 0.5) is 5.82 Å². The van der Waals surface area contributed by atoms with E-state index in [2.05, 4.69) is 20.1 Å². The highest BCUT2D eigenvalue weighted by Gasteiger charge is 2.48. The van der Waals surface area contributed by atoms with Gasteiger partial charge in [0.2, 0.25) is 5.91 Å². The van der Waals surface area contributed by atoms with Crippen molar-refractivity contribution in [2.24, 2.45) is 23.7 Å². The van der Waals surface area contributed by atoms with Crippen molar-refractivity contribution in [3.63, 3.8) is 0 Å². The summed E-state index contributed by atoms with van der Waals surface area (Å²) >= 11 is 5.92. The number of hydrogen-bond acceptors (Lipinski definition) is 4. The molecular weight excluding hydrogens is 360 g/mol. The molecule has 27 heavy (non-hydrogen) atoms. The van der Waals surface area contributed by atoms with Crippen LogP contribution in [0.1, 0.15) is 32.1 Å². The third-order valence-corrected chi connectivity index (χ3v) is 7.55. The number of amides is 1. The Balaban J connectivity index is 1.11. The number of nitrogens with zero attached hydrogens (tertiary/aromatic N) is 3. The van der Waals surface area contributed by atoms with Crippen LogP contribution in [0, 0.1) is 23.7 Å². The number of halogens is 1. The molecule has 2 heterocycles. The van der Waals surface area contributed by atoms with Crippen LogP contribution in [0.3, 0.4) is 0 Å². The first-order chi connectivity index (χ1) is 13.1. The molecule has 0 aromatic carbocycles. The van der Waals surface area contributed by atoms with E-state index >= 15 is 0 Å². The second-order valence-electron chi connectivity index (χ2n) is 9.12. The highest BCUT2D eigenvalue weighted by atomic mass is 35.5. The number of pyridine rings is 1. The average Bonchev–Trinajstić information content (AvgIpc) is 2.65. The number of carbonyl (C=O) groups excluding carboxylic acids is 1. The molecule has 0 radical (unpaired) electrons. The summed E-state index contributed by atoms with van der Waals surface area (Å²) < 4.78 is 0. The van der Waals surface area contributed by atoms with Gasteiger partial charge in [0, 0.05) is 38.4 Å². The number of piperazine rings is 1. The normalized spacial score (nSPS) is 35.4. The Kier molecular flexibility index (Phi) is 4.76. The number of carbonyl (C=O) groups is 1. The van der Waals surface area contributed by atoms with Crippen molar-refractivity contribution in [1.82, 2.24) is 15.2 Å². The van der Waals surface area contributed by atoms with E-state index in [9.17, 15) is 4.79 Å². The summed E-state index contributed by atoms with van der Waals surface area (Å²) in [6, 6.07) is 4.30. The number of hydrogen-bond donors (Lipinski definition) is 1. The van der Waals surface area contributed by atoms with E-state index in [1.54, 1.807) is 6.20 Å². The molecule has 0 spiro atoms. The monoisotopic (exact) mass is 388 g/mol. The Morgan fingerprint density at radius 2 is 1.70 bits per heavy atom. The van der Waals surface area contributed by atoms with Crippen LogP contribution in [-0.4, -0.2) is 54.6 Å². The van der Waals surface area contributed by atoms with Gasteiger partial charge in [0.15, 0.2) is 0 Å². The largest absolute Gasteiger partial charge is 0.354 e. The van der Waals surface area contributed by atoms with Crippen molar-refractivity contribution in [1.29, 1.82) is 0 Å². The molecule has 4 saturated carbocycles. The molecule has 0 atom stereocenters. The van der Waals surface area contributed by atoms with Crippen LogP contribution in [-0.2, 0) is 4.79 Å². The first kappa shape index (κ1) is 17.7. The molecule has 6 heteroatoms. The van der Waals surface area contributed by atoms with Crippen LogP contribution in [0.2, 0.25) is 5.02 Å². The van der Waals surface area contributed by atoms with Crippen molar-refractivity contribution in [3.8, 4) is 0 Å². The molecule has 1 amide bonds. The van der Waals surface area contributed by atoms with Crippen LogP contribution < -0.4 is 10.2 Å². The lowest BCUT2D eigenvalue weighted by atomic mass is 9.54. The first-order valence-electron chi connectivity index (χ1n) is 10.5. The van der Waals surface area contributed by atoms with E-state index in [1.165, 1.54) is 32.1 Å². The molecule has 4 bridgehead atoms. The Labute approximate surface area is 166 Å². The van der Waals surface area contributed by atoms with Crippen molar-refractivity contribution in [3.05, 3.63) is 23.4 Å². The van der Waals surface area contributed by atoms with Gasteiger partial charge in [0.05, 0.1) is 11.6 Å². The average molecular weight is 389 g/mol. The van der Waals surface area contributed by atoms with Gasteiger partial charge in [-0.1, -0.05) is 11.6 Å². The molecule has 5 fully saturated rings. The van der Waals surface area contributed by atoms with E-state index in [-0.39, 0.29) is 5.91 Å². The predicted octanol–water partition coefficient (Wildman–Crippen LogP) is 2.80. The minimum Gasteiger partial charge on any atom is -0.354 e. The van der Waals surface area contributed by atoms with Crippen molar-refractivity contribution >= 4 is 23.3 Å². The summed E-state index contributed by atoms with van der Waals surface area (Å²) in [5.74, 6) is 4.60. The van der Waals surface area contributed by atoms with Crippen molar-refractivity contribution in [2.45, 2.75) is 38.1 Å². The molecule has 146 valence electrons. The highest BCUT2D eigenvalue weighted by molar-refractivity contribution is 6.30. The lowest BCUT2D eigenvalue weighted by Gasteiger charge is -2.54. The molecule has 1 aromatic rings. The molecule has 0 unspecified atom stereocenters. The quantitative estimate of drug-likeness (QED) is 0.861.